The molecule has 9 heteroatoms. The Balaban J connectivity index is 1.39. The van der Waals surface area contributed by atoms with Crippen LogP contribution in [0.5, 0.6) is 0 Å². The lowest BCUT2D eigenvalue weighted by Gasteiger charge is -2.40. The molecule has 1 spiro atoms. The van der Waals surface area contributed by atoms with E-state index in [0.717, 1.165) is 13.1 Å². The summed E-state index contributed by atoms with van der Waals surface area (Å²) in [5.74, 6) is -0.256. The SMILES string of the molecule is CC(C)N1CCN(C(=O)CN2CC[C@]3(CCC2=O)NC(=O)c2cc(Cl)ccc2N3)CC1. The van der Waals surface area contributed by atoms with E-state index in [1.165, 1.54) is 0 Å². The van der Waals surface area contributed by atoms with Crippen molar-refractivity contribution in [3.63, 3.8) is 0 Å². The van der Waals surface area contributed by atoms with Crippen LogP contribution in [0.2, 0.25) is 5.02 Å². The number of rotatable bonds is 3. The molecule has 1 aromatic rings. The molecule has 3 aliphatic rings. The predicted octanol–water partition coefficient (Wildman–Crippen LogP) is 1.76. The Bertz CT molecular complexity index is 884. The molecule has 0 aliphatic carbocycles. The second-order valence-corrected chi connectivity index (χ2v) is 9.36. The summed E-state index contributed by atoms with van der Waals surface area (Å²) >= 11 is 6.02. The van der Waals surface area contributed by atoms with Gasteiger partial charge in [-0.2, -0.15) is 0 Å². The average molecular weight is 448 g/mol. The Labute approximate surface area is 187 Å². The fraction of sp³-hybridized carbons (Fsp3) is 0.591. The second-order valence-electron chi connectivity index (χ2n) is 8.93. The topological polar surface area (TPSA) is 85.0 Å². The summed E-state index contributed by atoms with van der Waals surface area (Å²) in [5.41, 5.74) is 0.517. The number of piperazine rings is 1. The average Bonchev–Trinajstić information content (AvgIpc) is 2.89. The van der Waals surface area contributed by atoms with Crippen molar-refractivity contribution in [1.82, 2.24) is 20.0 Å². The van der Waals surface area contributed by atoms with Crippen LogP contribution < -0.4 is 10.6 Å². The zero-order valence-corrected chi connectivity index (χ0v) is 18.9. The summed E-state index contributed by atoms with van der Waals surface area (Å²) in [4.78, 5) is 44.1. The summed E-state index contributed by atoms with van der Waals surface area (Å²) in [5, 5.41) is 6.95. The number of hydrogen-bond donors (Lipinski definition) is 2. The van der Waals surface area contributed by atoms with Gasteiger partial charge in [0.15, 0.2) is 0 Å². The molecule has 1 atom stereocenters. The quantitative estimate of drug-likeness (QED) is 0.737. The van der Waals surface area contributed by atoms with Gasteiger partial charge in [-0.15, -0.1) is 0 Å². The van der Waals surface area contributed by atoms with E-state index in [1.54, 1.807) is 23.1 Å². The van der Waals surface area contributed by atoms with Crippen molar-refractivity contribution in [2.45, 2.75) is 44.8 Å². The van der Waals surface area contributed by atoms with Gasteiger partial charge in [-0.3, -0.25) is 19.3 Å². The molecule has 8 nitrogen and oxygen atoms in total. The molecular formula is C22H30ClN5O3. The molecule has 0 radical (unpaired) electrons. The predicted molar refractivity (Wildman–Crippen MR) is 119 cm³/mol. The van der Waals surface area contributed by atoms with E-state index in [1.807, 2.05) is 4.90 Å². The van der Waals surface area contributed by atoms with E-state index in [9.17, 15) is 14.4 Å². The van der Waals surface area contributed by atoms with Crippen LogP contribution in [-0.4, -0.2) is 83.4 Å². The van der Waals surface area contributed by atoms with Gasteiger partial charge in [0.05, 0.1) is 12.1 Å². The number of nitrogens with one attached hydrogen (secondary N) is 2. The Kier molecular flexibility index (Phi) is 6.12. The molecule has 0 saturated carbocycles. The van der Waals surface area contributed by atoms with Crippen molar-refractivity contribution < 1.29 is 14.4 Å². The normalized spacial score (nSPS) is 24.6. The Morgan fingerprint density at radius 1 is 1.10 bits per heavy atom. The fourth-order valence-corrected chi connectivity index (χ4v) is 4.78. The number of anilines is 1. The first kappa shape index (κ1) is 21.9. The van der Waals surface area contributed by atoms with Crippen LogP contribution in [0.3, 0.4) is 0 Å². The molecule has 3 amide bonds. The highest BCUT2D eigenvalue weighted by Gasteiger charge is 2.41. The number of carbonyl (C=O) groups excluding carboxylic acids is 3. The number of fused-ring (bicyclic) bond motifs is 1. The number of amides is 3. The maximum atomic E-state index is 12.8. The molecule has 3 aliphatic heterocycles. The Morgan fingerprint density at radius 3 is 2.55 bits per heavy atom. The Hall–Kier alpha value is -2.32. The highest BCUT2D eigenvalue weighted by atomic mass is 35.5. The molecule has 0 unspecified atom stereocenters. The van der Waals surface area contributed by atoms with Crippen LogP contribution in [0.4, 0.5) is 5.69 Å². The van der Waals surface area contributed by atoms with E-state index < -0.39 is 5.66 Å². The van der Waals surface area contributed by atoms with Crippen molar-refractivity contribution >= 4 is 35.0 Å². The largest absolute Gasteiger partial charge is 0.362 e. The number of benzene rings is 1. The number of nitrogens with zero attached hydrogens (tertiary/aromatic N) is 3. The molecule has 2 fully saturated rings. The summed E-state index contributed by atoms with van der Waals surface area (Å²) in [7, 11) is 0. The highest BCUT2D eigenvalue weighted by Crippen LogP contribution is 2.33. The molecule has 1 aromatic carbocycles. The molecule has 168 valence electrons. The number of likely N-dealkylation sites (tertiary alicyclic amines) is 1. The molecule has 31 heavy (non-hydrogen) atoms. The number of carbonyl (C=O) groups is 3. The van der Waals surface area contributed by atoms with Crippen molar-refractivity contribution in [2.75, 3.05) is 44.6 Å². The van der Waals surface area contributed by atoms with Crippen molar-refractivity contribution in [2.24, 2.45) is 0 Å². The summed E-state index contributed by atoms with van der Waals surface area (Å²) in [6.07, 6.45) is 1.27. The first-order valence-corrected chi connectivity index (χ1v) is 11.3. The fourth-order valence-electron chi connectivity index (χ4n) is 4.61. The second kappa shape index (κ2) is 8.67. The maximum Gasteiger partial charge on any atom is 0.255 e. The minimum absolute atomic E-state index is 0.00617. The van der Waals surface area contributed by atoms with Crippen LogP contribution in [0.15, 0.2) is 18.2 Å². The lowest BCUT2D eigenvalue weighted by atomic mass is 9.95. The van der Waals surface area contributed by atoms with Gasteiger partial charge in [-0.1, -0.05) is 11.6 Å². The van der Waals surface area contributed by atoms with Crippen molar-refractivity contribution in [3.8, 4) is 0 Å². The summed E-state index contributed by atoms with van der Waals surface area (Å²) in [6, 6.07) is 5.65. The molecular weight excluding hydrogens is 418 g/mol. The van der Waals surface area contributed by atoms with E-state index in [4.69, 9.17) is 11.6 Å². The van der Waals surface area contributed by atoms with Gasteiger partial charge in [-0.25, -0.2) is 0 Å². The van der Waals surface area contributed by atoms with Crippen LogP contribution in [0.1, 0.15) is 43.5 Å². The molecule has 2 saturated heterocycles. The summed E-state index contributed by atoms with van der Waals surface area (Å²) in [6.45, 7) is 7.94. The first-order valence-electron chi connectivity index (χ1n) is 11.0. The zero-order valence-electron chi connectivity index (χ0n) is 18.1. The van der Waals surface area contributed by atoms with Gasteiger partial charge in [0.2, 0.25) is 11.8 Å². The third kappa shape index (κ3) is 4.65. The van der Waals surface area contributed by atoms with Gasteiger partial charge >= 0.3 is 0 Å². The van der Waals surface area contributed by atoms with Crippen LogP contribution in [0.25, 0.3) is 0 Å². The van der Waals surface area contributed by atoms with Gasteiger partial charge in [0.1, 0.15) is 5.66 Å². The van der Waals surface area contributed by atoms with Crippen molar-refractivity contribution in [3.05, 3.63) is 28.8 Å². The minimum atomic E-state index is -0.700. The van der Waals surface area contributed by atoms with Gasteiger partial charge < -0.3 is 20.4 Å². The van der Waals surface area contributed by atoms with Crippen molar-refractivity contribution in [1.29, 1.82) is 0 Å². The smallest absolute Gasteiger partial charge is 0.255 e. The third-order valence-corrected chi connectivity index (χ3v) is 6.84. The minimum Gasteiger partial charge on any atom is -0.362 e. The number of hydrogen-bond acceptors (Lipinski definition) is 5. The Morgan fingerprint density at radius 2 is 1.84 bits per heavy atom. The zero-order chi connectivity index (χ0) is 22.2. The highest BCUT2D eigenvalue weighted by molar-refractivity contribution is 6.31. The van der Waals surface area contributed by atoms with E-state index in [2.05, 4.69) is 29.4 Å². The molecule has 0 aromatic heterocycles. The van der Waals surface area contributed by atoms with E-state index in [-0.39, 0.29) is 30.7 Å². The number of halogens is 1. The van der Waals surface area contributed by atoms with Gasteiger partial charge in [0, 0.05) is 62.3 Å². The van der Waals surface area contributed by atoms with E-state index in [0.29, 0.717) is 54.8 Å². The first-order chi connectivity index (χ1) is 14.8. The maximum absolute atomic E-state index is 12.8. The van der Waals surface area contributed by atoms with E-state index >= 15 is 0 Å². The molecule has 3 heterocycles. The molecule has 2 N–H and O–H groups in total. The summed E-state index contributed by atoms with van der Waals surface area (Å²) < 4.78 is 0. The van der Waals surface area contributed by atoms with Crippen LogP contribution in [0, 0.1) is 0 Å². The lowest BCUT2D eigenvalue weighted by molar-refractivity contribution is -0.141. The molecule has 4 rings (SSSR count). The molecule has 0 bridgehead atoms. The lowest BCUT2D eigenvalue weighted by Crippen LogP contribution is -2.58. The monoisotopic (exact) mass is 447 g/mol. The van der Waals surface area contributed by atoms with Gasteiger partial charge in [-0.05, 0) is 38.5 Å². The standard InChI is InChI=1S/C22H30ClN5O3/c1-15(2)26-9-11-27(12-10-26)20(30)14-28-8-7-22(6-5-19(28)29)24-18-4-3-16(23)13-17(18)21(31)25-22/h3-4,13,15,24H,5-12,14H2,1-2H3,(H,25,31)/t22-/m0/s1. The van der Waals surface area contributed by atoms with Gasteiger partial charge in [0.25, 0.3) is 5.91 Å². The third-order valence-electron chi connectivity index (χ3n) is 6.60. The van der Waals surface area contributed by atoms with Crippen LogP contribution >= 0.6 is 11.6 Å². The van der Waals surface area contributed by atoms with Crippen LogP contribution in [-0.2, 0) is 9.59 Å².